The van der Waals surface area contributed by atoms with Gasteiger partial charge in [-0.25, -0.2) is 0 Å². The third kappa shape index (κ3) is 4.74. The van der Waals surface area contributed by atoms with E-state index in [4.69, 9.17) is 10.5 Å². The van der Waals surface area contributed by atoms with Gasteiger partial charge >= 0.3 is 0 Å². The smallest absolute Gasteiger partial charge is 0.251 e. The van der Waals surface area contributed by atoms with Crippen LogP contribution < -0.4 is 5.73 Å². The van der Waals surface area contributed by atoms with Crippen molar-refractivity contribution in [3.05, 3.63) is 30.1 Å². The van der Waals surface area contributed by atoms with Gasteiger partial charge in [0, 0.05) is 38.4 Å². The second-order valence-electron chi connectivity index (χ2n) is 6.11. The van der Waals surface area contributed by atoms with E-state index in [9.17, 15) is 9.59 Å². The molecule has 1 atom stereocenters. The van der Waals surface area contributed by atoms with E-state index in [1.165, 1.54) is 0 Å². The molecule has 2 rings (SSSR count). The minimum atomic E-state index is -1.09. The van der Waals surface area contributed by atoms with Gasteiger partial charge in [0.1, 0.15) is 0 Å². The minimum absolute atomic E-state index is 0.0128. The van der Waals surface area contributed by atoms with Crippen LogP contribution in [0.1, 0.15) is 18.9 Å². The first-order chi connectivity index (χ1) is 10.9. The maximum atomic E-state index is 12.3. The SMILES string of the molecule is CN(CCC(=O)N1CCO[C@](C)(C(N)=O)C1)Cc1cccnc1. The van der Waals surface area contributed by atoms with Crippen molar-refractivity contribution in [2.24, 2.45) is 5.73 Å². The van der Waals surface area contributed by atoms with Crippen LogP contribution in [0.5, 0.6) is 0 Å². The van der Waals surface area contributed by atoms with Crippen molar-refractivity contribution < 1.29 is 14.3 Å². The van der Waals surface area contributed by atoms with Gasteiger partial charge in [0.2, 0.25) is 5.91 Å². The molecule has 0 unspecified atom stereocenters. The van der Waals surface area contributed by atoms with E-state index in [2.05, 4.69) is 9.88 Å². The lowest BCUT2D eigenvalue weighted by molar-refractivity contribution is -0.160. The number of hydrogen-bond donors (Lipinski definition) is 1. The van der Waals surface area contributed by atoms with E-state index >= 15 is 0 Å². The van der Waals surface area contributed by atoms with Crippen LogP contribution in [0.25, 0.3) is 0 Å². The summed E-state index contributed by atoms with van der Waals surface area (Å²) in [5, 5.41) is 0. The fraction of sp³-hybridized carbons (Fsp3) is 0.562. The Morgan fingerprint density at radius 3 is 2.96 bits per heavy atom. The van der Waals surface area contributed by atoms with E-state index in [1.807, 2.05) is 25.4 Å². The lowest BCUT2D eigenvalue weighted by Crippen LogP contribution is -2.58. The lowest BCUT2D eigenvalue weighted by atomic mass is 10.0. The minimum Gasteiger partial charge on any atom is -0.367 e. The van der Waals surface area contributed by atoms with Crippen LogP contribution >= 0.6 is 0 Å². The maximum absolute atomic E-state index is 12.3. The normalized spacial score (nSPS) is 21.4. The van der Waals surface area contributed by atoms with Crippen LogP contribution in [-0.2, 0) is 20.9 Å². The molecule has 0 saturated carbocycles. The summed E-state index contributed by atoms with van der Waals surface area (Å²) in [5.41, 5.74) is 5.37. The van der Waals surface area contributed by atoms with Crippen molar-refractivity contribution in [1.82, 2.24) is 14.8 Å². The van der Waals surface area contributed by atoms with E-state index in [0.717, 1.165) is 12.1 Å². The number of hydrogen-bond acceptors (Lipinski definition) is 5. The molecular weight excluding hydrogens is 296 g/mol. The average Bonchev–Trinajstić information content (AvgIpc) is 2.53. The van der Waals surface area contributed by atoms with Crippen molar-refractivity contribution in [3.63, 3.8) is 0 Å². The quantitative estimate of drug-likeness (QED) is 0.797. The highest BCUT2D eigenvalue weighted by Gasteiger charge is 2.39. The Balaban J connectivity index is 1.81. The van der Waals surface area contributed by atoms with Gasteiger partial charge in [-0.1, -0.05) is 6.07 Å². The van der Waals surface area contributed by atoms with Crippen molar-refractivity contribution >= 4 is 11.8 Å². The van der Waals surface area contributed by atoms with Crippen molar-refractivity contribution in [3.8, 4) is 0 Å². The molecule has 0 radical (unpaired) electrons. The third-order valence-electron chi connectivity index (χ3n) is 4.03. The Morgan fingerprint density at radius 1 is 1.52 bits per heavy atom. The van der Waals surface area contributed by atoms with Crippen molar-refractivity contribution in [2.75, 3.05) is 33.3 Å². The number of aromatic nitrogens is 1. The van der Waals surface area contributed by atoms with Crippen molar-refractivity contribution in [1.29, 1.82) is 0 Å². The zero-order valence-corrected chi connectivity index (χ0v) is 13.7. The Morgan fingerprint density at radius 2 is 2.30 bits per heavy atom. The van der Waals surface area contributed by atoms with Gasteiger partial charge in [-0.15, -0.1) is 0 Å². The molecule has 7 heteroatoms. The molecule has 1 aromatic heterocycles. The van der Waals surface area contributed by atoms with Gasteiger partial charge in [-0.05, 0) is 25.6 Å². The summed E-state index contributed by atoms with van der Waals surface area (Å²) in [5.74, 6) is -0.525. The van der Waals surface area contributed by atoms with Crippen LogP contribution in [0.3, 0.4) is 0 Å². The number of nitrogens with zero attached hydrogens (tertiary/aromatic N) is 3. The fourth-order valence-corrected chi connectivity index (χ4v) is 2.56. The van der Waals surface area contributed by atoms with Crippen LogP contribution in [0.15, 0.2) is 24.5 Å². The number of primary amides is 1. The molecule has 1 aliphatic heterocycles. The molecule has 1 fully saturated rings. The van der Waals surface area contributed by atoms with Gasteiger partial charge in [-0.2, -0.15) is 0 Å². The summed E-state index contributed by atoms with van der Waals surface area (Å²) < 4.78 is 5.43. The third-order valence-corrected chi connectivity index (χ3v) is 4.03. The Bertz CT molecular complexity index is 552. The standard InChI is InChI=1S/C16H24N4O3/c1-16(15(17)22)12-20(8-9-23-16)14(21)5-7-19(2)11-13-4-3-6-18-10-13/h3-4,6,10H,5,7-9,11-12H2,1-2H3,(H2,17,22)/t16-/m0/s1. The molecule has 0 aliphatic carbocycles. The molecule has 2 N–H and O–H groups in total. The largest absolute Gasteiger partial charge is 0.367 e. The first-order valence-corrected chi connectivity index (χ1v) is 7.70. The number of carbonyl (C=O) groups is 2. The highest BCUT2D eigenvalue weighted by atomic mass is 16.5. The lowest BCUT2D eigenvalue weighted by Gasteiger charge is -2.38. The number of pyridine rings is 1. The zero-order valence-electron chi connectivity index (χ0n) is 13.7. The molecular formula is C16H24N4O3. The summed E-state index contributed by atoms with van der Waals surface area (Å²) in [4.78, 5) is 31.6. The monoisotopic (exact) mass is 320 g/mol. The fourth-order valence-electron chi connectivity index (χ4n) is 2.56. The summed E-state index contributed by atoms with van der Waals surface area (Å²) in [6, 6.07) is 3.90. The number of ether oxygens (including phenoxy) is 1. The van der Waals surface area contributed by atoms with Gasteiger partial charge in [-0.3, -0.25) is 14.6 Å². The van der Waals surface area contributed by atoms with Gasteiger partial charge < -0.3 is 20.3 Å². The molecule has 1 saturated heterocycles. The van der Waals surface area contributed by atoms with E-state index in [-0.39, 0.29) is 12.5 Å². The zero-order chi connectivity index (χ0) is 16.9. The van der Waals surface area contributed by atoms with Crippen LogP contribution in [0, 0.1) is 0 Å². The first kappa shape index (κ1) is 17.4. The molecule has 2 heterocycles. The van der Waals surface area contributed by atoms with Gasteiger partial charge in [0.25, 0.3) is 5.91 Å². The number of morpholine rings is 1. The predicted molar refractivity (Wildman–Crippen MR) is 85.3 cm³/mol. The van der Waals surface area contributed by atoms with E-state index in [0.29, 0.717) is 26.1 Å². The molecule has 0 bridgehead atoms. The molecule has 126 valence electrons. The molecule has 2 amide bonds. The predicted octanol–water partition coefficient (Wildman–Crippen LogP) is 0.00630. The van der Waals surface area contributed by atoms with Gasteiger partial charge in [0.05, 0.1) is 13.2 Å². The highest BCUT2D eigenvalue weighted by Crippen LogP contribution is 2.17. The second-order valence-corrected chi connectivity index (χ2v) is 6.11. The van der Waals surface area contributed by atoms with Crippen LogP contribution in [-0.4, -0.2) is 65.5 Å². The molecule has 0 aromatic carbocycles. The van der Waals surface area contributed by atoms with Crippen LogP contribution in [0.4, 0.5) is 0 Å². The first-order valence-electron chi connectivity index (χ1n) is 7.70. The van der Waals surface area contributed by atoms with Crippen molar-refractivity contribution in [2.45, 2.75) is 25.5 Å². The number of rotatable bonds is 6. The average molecular weight is 320 g/mol. The molecule has 0 spiro atoms. The second kappa shape index (κ2) is 7.52. The highest BCUT2D eigenvalue weighted by molar-refractivity contribution is 5.85. The maximum Gasteiger partial charge on any atom is 0.251 e. The summed E-state index contributed by atoms with van der Waals surface area (Å²) >= 11 is 0. The molecule has 23 heavy (non-hydrogen) atoms. The Kier molecular flexibility index (Phi) is 5.68. The summed E-state index contributed by atoms with van der Waals surface area (Å²) in [6.45, 7) is 4.04. The molecule has 1 aromatic rings. The number of nitrogens with two attached hydrogens (primary N) is 1. The Labute approximate surface area is 136 Å². The summed E-state index contributed by atoms with van der Waals surface area (Å²) in [7, 11) is 1.97. The Hall–Kier alpha value is -1.99. The number of amides is 2. The topological polar surface area (TPSA) is 88.8 Å². The molecule has 7 nitrogen and oxygen atoms in total. The van der Waals surface area contributed by atoms with Gasteiger partial charge in [0.15, 0.2) is 5.60 Å². The number of carbonyl (C=O) groups excluding carboxylic acids is 2. The van der Waals surface area contributed by atoms with Crippen LogP contribution in [0.2, 0.25) is 0 Å². The van der Waals surface area contributed by atoms with E-state index in [1.54, 1.807) is 18.0 Å². The van der Waals surface area contributed by atoms with E-state index < -0.39 is 11.5 Å². The molecule has 1 aliphatic rings. The summed E-state index contributed by atoms with van der Waals surface area (Å²) in [6.07, 6.45) is 3.95.